The van der Waals surface area contributed by atoms with Gasteiger partial charge in [-0.15, -0.1) is 0 Å². The number of carboxylic acid groups (broad SMARTS) is 1. The molecular formula is C14H13NO4. The van der Waals surface area contributed by atoms with Crippen molar-refractivity contribution in [2.75, 3.05) is 7.11 Å². The van der Waals surface area contributed by atoms with Gasteiger partial charge in [0.1, 0.15) is 5.75 Å². The third-order valence-electron chi connectivity index (χ3n) is 2.77. The van der Waals surface area contributed by atoms with Gasteiger partial charge in [-0.05, 0) is 18.2 Å². The van der Waals surface area contributed by atoms with Crippen LogP contribution < -0.4 is 4.74 Å². The molecule has 1 heterocycles. The number of hydrogen-bond acceptors (Lipinski definition) is 4. The number of aromatic carboxylic acids is 1. The van der Waals surface area contributed by atoms with Crippen LogP contribution in [0.15, 0.2) is 36.5 Å². The molecule has 0 aliphatic rings. The van der Waals surface area contributed by atoms with Crippen LogP contribution in [0.5, 0.6) is 5.75 Å². The van der Waals surface area contributed by atoms with Gasteiger partial charge >= 0.3 is 5.97 Å². The fourth-order valence-electron chi connectivity index (χ4n) is 1.83. The number of hydrogen-bond donors (Lipinski definition) is 2. The molecule has 19 heavy (non-hydrogen) atoms. The van der Waals surface area contributed by atoms with Crippen LogP contribution in [-0.2, 0) is 6.61 Å². The number of methoxy groups -OCH3 is 1. The Morgan fingerprint density at radius 2 is 2.16 bits per heavy atom. The maximum Gasteiger partial charge on any atom is 0.337 e. The van der Waals surface area contributed by atoms with E-state index in [0.29, 0.717) is 22.6 Å². The third kappa shape index (κ3) is 2.56. The second kappa shape index (κ2) is 5.49. The summed E-state index contributed by atoms with van der Waals surface area (Å²) in [5.41, 5.74) is 1.77. The van der Waals surface area contributed by atoms with Crippen molar-refractivity contribution in [3.05, 3.63) is 47.7 Å². The minimum atomic E-state index is -1.03. The van der Waals surface area contributed by atoms with E-state index in [-0.39, 0.29) is 12.2 Å². The molecule has 98 valence electrons. The van der Waals surface area contributed by atoms with Crippen LogP contribution in [0.25, 0.3) is 11.3 Å². The van der Waals surface area contributed by atoms with Gasteiger partial charge in [-0.1, -0.05) is 12.1 Å². The van der Waals surface area contributed by atoms with Crippen molar-refractivity contribution in [2.24, 2.45) is 0 Å². The fourth-order valence-corrected chi connectivity index (χ4v) is 1.83. The highest BCUT2D eigenvalue weighted by molar-refractivity contribution is 5.94. The average molecular weight is 259 g/mol. The fraction of sp³-hybridized carbons (Fsp3) is 0.143. The molecule has 0 bridgehead atoms. The molecule has 0 atom stereocenters. The molecule has 2 aromatic rings. The highest BCUT2D eigenvalue weighted by Crippen LogP contribution is 2.28. The number of rotatable bonds is 4. The zero-order chi connectivity index (χ0) is 13.8. The van der Waals surface area contributed by atoms with Crippen molar-refractivity contribution in [1.82, 2.24) is 4.98 Å². The summed E-state index contributed by atoms with van der Waals surface area (Å²) < 4.78 is 5.16. The molecule has 0 fully saturated rings. The molecular weight excluding hydrogens is 246 g/mol. The summed E-state index contributed by atoms with van der Waals surface area (Å²) in [5, 5.41) is 18.3. The van der Waals surface area contributed by atoms with Crippen molar-refractivity contribution in [3.63, 3.8) is 0 Å². The SMILES string of the molecule is COc1cc(-c2ncccc2C(=O)O)ccc1CO. The predicted molar refractivity (Wildman–Crippen MR) is 69.1 cm³/mol. The number of aromatic nitrogens is 1. The van der Waals surface area contributed by atoms with E-state index in [4.69, 9.17) is 14.9 Å². The van der Waals surface area contributed by atoms with E-state index in [2.05, 4.69) is 4.98 Å². The van der Waals surface area contributed by atoms with E-state index in [9.17, 15) is 4.79 Å². The lowest BCUT2D eigenvalue weighted by atomic mass is 10.0. The van der Waals surface area contributed by atoms with Gasteiger partial charge < -0.3 is 14.9 Å². The highest BCUT2D eigenvalue weighted by Gasteiger charge is 2.14. The Morgan fingerprint density at radius 3 is 2.79 bits per heavy atom. The lowest BCUT2D eigenvalue weighted by molar-refractivity contribution is 0.0697. The van der Waals surface area contributed by atoms with Crippen LogP contribution in [0.4, 0.5) is 0 Å². The van der Waals surface area contributed by atoms with E-state index >= 15 is 0 Å². The van der Waals surface area contributed by atoms with Crippen LogP contribution in [0.1, 0.15) is 15.9 Å². The average Bonchev–Trinajstić information content (AvgIpc) is 2.46. The number of nitrogens with zero attached hydrogens (tertiary/aromatic N) is 1. The van der Waals surface area contributed by atoms with Gasteiger partial charge in [0.2, 0.25) is 0 Å². The molecule has 0 saturated heterocycles. The Balaban J connectivity index is 2.56. The van der Waals surface area contributed by atoms with Gasteiger partial charge in [0.25, 0.3) is 0 Å². The number of aliphatic hydroxyl groups excluding tert-OH is 1. The molecule has 0 amide bonds. The normalized spacial score (nSPS) is 10.2. The molecule has 2 N–H and O–H groups in total. The molecule has 0 aliphatic heterocycles. The second-order valence-electron chi connectivity index (χ2n) is 3.89. The molecule has 0 aliphatic carbocycles. The first-order chi connectivity index (χ1) is 9.17. The Kier molecular flexibility index (Phi) is 3.77. The van der Waals surface area contributed by atoms with E-state index < -0.39 is 5.97 Å². The van der Waals surface area contributed by atoms with Crippen molar-refractivity contribution in [1.29, 1.82) is 0 Å². The van der Waals surface area contributed by atoms with Crippen LogP contribution >= 0.6 is 0 Å². The van der Waals surface area contributed by atoms with Crippen molar-refractivity contribution < 1.29 is 19.7 Å². The van der Waals surface area contributed by atoms with E-state index in [1.54, 1.807) is 24.3 Å². The Labute approximate surface area is 110 Å². The Bertz CT molecular complexity index is 610. The van der Waals surface area contributed by atoms with Gasteiger partial charge in [0.05, 0.1) is 25.0 Å². The van der Waals surface area contributed by atoms with Gasteiger partial charge in [-0.25, -0.2) is 4.79 Å². The second-order valence-corrected chi connectivity index (χ2v) is 3.89. The molecule has 0 radical (unpaired) electrons. The zero-order valence-electron chi connectivity index (χ0n) is 10.3. The van der Waals surface area contributed by atoms with Gasteiger partial charge in [0.15, 0.2) is 0 Å². The number of ether oxygens (including phenoxy) is 1. The van der Waals surface area contributed by atoms with E-state index in [0.717, 1.165) is 0 Å². The van der Waals surface area contributed by atoms with Crippen LogP contribution in [0, 0.1) is 0 Å². The van der Waals surface area contributed by atoms with Crippen LogP contribution in [-0.4, -0.2) is 28.3 Å². The third-order valence-corrected chi connectivity index (χ3v) is 2.77. The predicted octanol–water partition coefficient (Wildman–Crippen LogP) is 1.95. The summed E-state index contributed by atoms with van der Waals surface area (Å²) in [4.78, 5) is 15.3. The maximum absolute atomic E-state index is 11.2. The first-order valence-electron chi connectivity index (χ1n) is 5.64. The first kappa shape index (κ1) is 13.0. The summed E-state index contributed by atoms with van der Waals surface area (Å²) in [6.07, 6.45) is 1.54. The number of carbonyl (C=O) groups is 1. The van der Waals surface area contributed by atoms with Crippen LogP contribution in [0.2, 0.25) is 0 Å². The molecule has 1 aromatic heterocycles. The molecule has 5 heteroatoms. The number of pyridine rings is 1. The largest absolute Gasteiger partial charge is 0.496 e. The summed E-state index contributed by atoms with van der Waals surface area (Å²) >= 11 is 0. The molecule has 0 unspecified atom stereocenters. The molecule has 5 nitrogen and oxygen atoms in total. The molecule has 2 rings (SSSR count). The quantitative estimate of drug-likeness (QED) is 0.877. The lowest BCUT2D eigenvalue weighted by Crippen LogP contribution is -2.01. The molecule has 0 saturated carbocycles. The van der Waals surface area contributed by atoms with Gasteiger partial charge in [-0.3, -0.25) is 4.98 Å². The Hall–Kier alpha value is -2.40. The van der Waals surface area contributed by atoms with E-state index in [1.807, 2.05) is 0 Å². The molecule has 1 aromatic carbocycles. The van der Waals surface area contributed by atoms with Crippen molar-refractivity contribution >= 4 is 5.97 Å². The maximum atomic E-state index is 11.2. The standard InChI is InChI=1S/C14H13NO4/c1-19-12-7-9(4-5-10(12)8-16)13-11(14(17)18)3-2-6-15-13/h2-7,16H,8H2,1H3,(H,17,18). The zero-order valence-corrected chi connectivity index (χ0v) is 10.3. The lowest BCUT2D eigenvalue weighted by Gasteiger charge is -2.10. The molecule has 0 spiro atoms. The van der Waals surface area contributed by atoms with Gasteiger partial charge in [-0.2, -0.15) is 0 Å². The number of carboxylic acids is 1. The monoisotopic (exact) mass is 259 g/mol. The van der Waals surface area contributed by atoms with E-state index in [1.165, 1.54) is 19.4 Å². The topological polar surface area (TPSA) is 79.7 Å². The smallest absolute Gasteiger partial charge is 0.337 e. The summed E-state index contributed by atoms with van der Waals surface area (Å²) in [6, 6.07) is 8.14. The van der Waals surface area contributed by atoms with Crippen LogP contribution in [0.3, 0.4) is 0 Å². The Morgan fingerprint density at radius 1 is 1.37 bits per heavy atom. The van der Waals surface area contributed by atoms with Gasteiger partial charge in [0, 0.05) is 17.3 Å². The van der Waals surface area contributed by atoms with Crippen molar-refractivity contribution in [3.8, 4) is 17.0 Å². The number of aliphatic hydroxyl groups is 1. The number of benzene rings is 1. The highest BCUT2D eigenvalue weighted by atomic mass is 16.5. The summed E-state index contributed by atoms with van der Waals surface area (Å²) in [5.74, 6) is -0.532. The minimum Gasteiger partial charge on any atom is -0.496 e. The minimum absolute atomic E-state index is 0.126. The summed E-state index contributed by atoms with van der Waals surface area (Å²) in [6.45, 7) is -0.141. The summed E-state index contributed by atoms with van der Waals surface area (Å²) in [7, 11) is 1.49. The van der Waals surface area contributed by atoms with Crippen molar-refractivity contribution in [2.45, 2.75) is 6.61 Å². The first-order valence-corrected chi connectivity index (χ1v) is 5.64.